The van der Waals surface area contributed by atoms with Crippen molar-refractivity contribution >= 4 is 40.6 Å². The molecule has 7 heteroatoms. The molecule has 0 aliphatic carbocycles. The van der Waals surface area contributed by atoms with Crippen molar-refractivity contribution < 1.29 is 19.1 Å². The molecule has 1 heterocycles. The lowest BCUT2D eigenvalue weighted by Gasteiger charge is -2.14. The number of hydrogen-bond donors (Lipinski definition) is 0. The fraction of sp³-hybridized carbons (Fsp3) is 0.238. The number of carbonyl (C=O) groups is 2. The minimum atomic E-state index is -0.299. The Balaban J connectivity index is 1.83. The molecule has 0 N–H and O–H groups in total. The zero-order chi connectivity index (χ0) is 20.3. The van der Waals surface area contributed by atoms with Gasteiger partial charge in [-0.2, -0.15) is 0 Å². The summed E-state index contributed by atoms with van der Waals surface area (Å²) >= 11 is 7.32. The van der Waals surface area contributed by atoms with E-state index in [1.165, 1.54) is 17.6 Å². The number of hydrogen-bond acceptors (Lipinski definition) is 5. The highest BCUT2D eigenvalue weighted by molar-refractivity contribution is 8.18. The molecule has 5 nitrogen and oxygen atoms in total. The predicted octanol–water partition coefficient (Wildman–Crippen LogP) is 5.29. The van der Waals surface area contributed by atoms with Gasteiger partial charge in [-0.3, -0.25) is 14.5 Å². The standard InChI is InChI=1S/C21H20ClNO4S/c1-4-23-20(24)18(28-21(23)25)11-15-9-16(22)19(17(10-15)26-3)27-12-14-7-5-13(2)6-8-14/h5-11H,4,12H2,1-3H3/b18-11+. The summed E-state index contributed by atoms with van der Waals surface area (Å²) in [4.78, 5) is 25.7. The summed E-state index contributed by atoms with van der Waals surface area (Å²) in [5.41, 5.74) is 2.85. The lowest BCUT2D eigenvalue weighted by atomic mass is 10.1. The summed E-state index contributed by atoms with van der Waals surface area (Å²) in [6.45, 7) is 4.49. The summed E-state index contributed by atoms with van der Waals surface area (Å²) in [6, 6.07) is 11.4. The number of benzene rings is 2. The van der Waals surface area contributed by atoms with Crippen molar-refractivity contribution in [3.8, 4) is 11.5 Å². The Morgan fingerprint density at radius 3 is 2.50 bits per heavy atom. The number of rotatable bonds is 6. The highest BCUT2D eigenvalue weighted by Crippen LogP contribution is 2.39. The number of nitrogens with zero attached hydrogens (tertiary/aromatic N) is 1. The fourth-order valence-corrected chi connectivity index (χ4v) is 3.90. The van der Waals surface area contributed by atoms with Crippen LogP contribution in [0.15, 0.2) is 41.3 Å². The van der Waals surface area contributed by atoms with E-state index in [2.05, 4.69) is 0 Å². The number of amides is 2. The number of carbonyl (C=O) groups excluding carboxylic acids is 2. The molecule has 1 aliphatic rings. The van der Waals surface area contributed by atoms with Crippen LogP contribution in [0.1, 0.15) is 23.6 Å². The van der Waals surface area contributed by atoms with Crippen LogP contribution in [0.4, 0.5) is 4.79 Å². The maximum atomic E-state index is 12.3. The Labute approximate surface area is 173 Å². The number of aryl methyl sites for hydroxylation is 1. The summed E-state index contributed by atoms with van der Waals surface area (Å²) in [5.74, 6) is 0.594. The molecule has 146 valence electrons. The molecule has 1 aliphatic heterocycles. The van der Waals surface area contributed by atoms with Crippen LogP contribution in [0.25, 0.3) is 6.08 Å². The minimum absolute atomic E-state index is 0.269. The van der Waals surface area contributed by atoms with Crippen molar-refractivity contribution in [2.24, 2.45) is 0 Å². The van der Waals surface area contributed by atoms with Gasteiger partial charge in [0.2, 0.25) is 0 Å². The summed E-state index contributed by atoms with van der Waals surface area (Å²) in [5, 5.41) is 0.0993. The van der Waals surface area contributed by atoms with Gasteiger partial charge < -0.3 is 9.47 Å². The van der Waals surface area contributed by atoms with Crippen LogP contribution in [-0.4, -0.2) is 29.7 Å². The molecule has 2 aromatic carbocycles. The molecule has 0 saturated carbocycles. The normalized spacial score (nSPS) is 15.4. The number of halogens is 1. The molecule has 0 atom stereocenters. The lowest BCUT2D eigenvalue weighted by molar-refractivity contribution is -0.122. The molecule has 2 amide bonds. The molecule has 0 aromatic heterocycles. The highest BCUT2D eigenvalue weighted by atomic mass is 35.5. The van der Waals surface area contributed by atoms with E-state index in [4.69, 9.17) is 21.1 Å². The van der Waals surface area contributed by atoms with Crippen LogP contribution in [0, 0.1) is 6.92 Å². The molecule has 0 spiro atoms. The number of thioether (sulfide) groups is 1. The first-order chi connectivity index (χ1) is 13.4. The first-order valence-corrected chi connectivity index (χ1v) is 9.93. The molecule has 0 unspecified atom stereocenters. The second kappa shape index (κ2) is 8.71. The van der Waals surface area contributed by atoms with Crippen molar-refractivity contribution in [3.63, 3.8) is 0 Å². The topological polar surface area (TPSA) is 55.8 Å². The molecule has 1 saturated heterocycles. The van der Waals surface area contributed by atoms with Crippen LogP contribution in [0.3, 0.4) is 0 Å². The number of methoxy groups -OCH3 is 1. The van der Waals surface area contributed by atoms with Crippen LogP contribution in [0.2, 0.25) is 5.02 Å². The van der Waals surface area contributed by atoms with E-state index in [1.54, 1.807) is 25.1 Å². The number of imide groups is 1. The van der Waals surface area contributed by atoms with Gasteiger partial charge in [0.15, 0.2) is 11.5 Å². The molecule has 3 rings (SSSR count). The SMILES string of the molecule is CCN1C(=O)S/C(=C/c2cc(Cl)c(OCc3ccc(C)cc3)c(OC)c2)C1=O. The third kappa shape index (κ3) is 4.34. The van der Waals surface area contributed by atoms with Gasteiger partial charge in [0.05, 0.1) is 17.0 Å². The summed E-state index contributed by atoms with van der Waals surface area (Å²) < 4.78 is 11.3. The van der Waals surface area contributed by atoms with Crippen LogP contribution < -0.4 is 9.47 Å². The largest absolute Gasteiger partial charge is 0.493 e. The van der Waals surface area contributed by atoms with Gasteiger partial charge in [-0.1, -0.05) is 41.4 Å². The van der Waals surface area contributed by atoms with Gasteiger partial charge in [0.1, 0.15) is 6.61 Å². The van der Waals surface area contributed by atoms with E-state index < -0.39 is 0 Å². The maximum absolute atomic E-state index is 12.3. The van der Waals surface area contributed by atoms with Gasteiger partial charge in [-0.15, -0.1) is 0 Å². The molecule has 28 heavy (non-hydrogen) atoms. The zero-order valence-electron chi connectivity index (χ0n) is 15.8. The first-order valence-electron chi connectivity index (χ1n) is 8.74. The molecule has 2 aromatic rings. The summed E-state index contributed by atoms with van der Waals surface area (Å²) in [6.07, 6.45) is 1.64. The average Bonchev–Trinajstić information content (AvgIpc) is 2.94. The van der Waals surface area contributed by atoms with Crippen LogP contribution in [-0.2, 0) is 11.4 Å². The monoisotopic (exact) mass is 417 g/mol. The van der Waals surface area contributed by atoms with Crippen LogP contribution >= 0.6 is 23.4 Å². The minimum Gasteiger partial charge on any atom is -0.493 e. The Morgan fingerprint density at radius 1 is 1.18 bits per heavy atom. The van der Waals surface area contributed by atoms with E-state index in [0.717, 1.165) is 17.3 Å². The van der Waals surface area contributed by atoms with Crippen molar-refractivity contribution in [1.29, 1.82) is 0 Å². The van der Waals surface area contributed by atoms with Gasteiger partial charge >= 0.3 is 0 Å². The Bertz CT molecular complexity index is 940. The first kappa shape index (κ1) is 20.3. The van der Waals surface area contributed by atoms with E-state index in [9.17, 15) is 9.59 Å². The molecule has 0 bridgehead atoms. The molecular formula is C21H20ClNO4S. The second-order valence-corrected chi connectivity index (χ2v) is 7.63. The molecular weight excluding hydrogens is 398 g/mol. The number of likely N-dealkylation sites (N-methyl/N-ethyl adjacent to an activating group) is 1. The Kier molecular flexibility index (Phi) is 6.31. The van der Waals surface area contributed by atoms with Crippen molar-refractivity contribution in [1.82, 2.24) is 4.90 Å². The maximum Gasteiger partial charge on any atom is 0.293 e. The fourth-order valence-electron chi connectivity index (χ4n) is 2.73. The van der Waals surface area contributed by atoms with Crippen molar-refractivity contribution in [2.45, 2.75) is 20.5 Å². The summed E-state index contributed by atoms with van der Waals surface area (Å²) in [7, 11) is 1.53. The smallest absolute Gasteiger partial charge is 0.293 e. The van der Waals surface area contributed by atoms with E-state index in [-0.39, 0.29) is 11.1 Å². The van der Waals surface area contributed by atoms with Crippen LogP contribution in [0.5, 0.6) is 11.5 Å². The Hall–Kier alpha value is -2.44. The van der Waals surface area contributed by atoms with Gasteiger partial charge in [-0.25, -0.2) is 0 Å². The van der Waals surface area contributed by atoms with Gasteiger partial charge in [0, 0.05) is 6.54 Å². The van der Waals surface area contributed by atoms with Gasteiger partial charge in [-0.05, 0) is 54.9 Å². The Morgan fingerprint density at radius 2 is 1.89 bits per heavy atom. The van der Waals surface area contributed by atoms with E-state index in [0.29, 0.717) is 40.1 Å². The molecule has 1 fully saturated rings. The van der Waals surface area contributed by atoms with E-state index >= 15 is 0 Å². The third-order valence-corrected chi connectivity index (χ3v) is 5.43. The number of ether oxygens (including phenoxy) is 2. The second-order valence-electron chi connectivity index (χ2n) is 6.23. The van der Waals surface area contributed by atoms with Crippen molar-refractivity contribution in [3.05, 3.63) is 63.0 Å². The lowest BCUT2D eigenvalue weighted by Crippen LogP contribution is -2.27. The highest BCUT2D eigenvalue weighted by Gasteiger charge is 2.33. The molecule has 0 radical (unpaired) electrons. The third-order valence-electron chi connectivity index (χ3n) is 4.24. The quantitative estimate of drug-likeness (QED) is 0.597. The van der Waals surface area contributed by atoms with Crippen molar-refractivity contribution in [2.75, 3.05) is 13.7 Å². The van der Waals surface area contributed by atoms with E-state index in [1.807, 2.05) is 31.2 Å². The predicted molar refractivity (Wildman–Crippen MR) is 112 cm³/mol. The average molecular weight is 418 g/mol. The van der Waals surface area contributed by atoms with Gasteiger partial charge in [0.25, 0.3) is 11.1 Å². The zero-order valence-corrected chi connectivity index (χ0v) is 17.4.